The Kier molecular flexibility index (Phi) is 2.83. The number of ketones is 1. The summed E-state index contributed by atoms with van der Waals surface area (Å²) in [7, 11) is 0. The molecule has 1 aliphatic heterocycles. The van der Waals surface area contributed by atoms with Crippen LogP contribution in [0.3, 0.4) is 0 Å². The summed E-state index contributed by atoms with van der Waals surface area (Å²) in [6.07, 6.45) is 3.35. The highest BCUT2D eigenvalue weighted by molar-refractivity contribution is 6.56. The van der Waals surface area contributed by atoms with E-state index >= 15 is 0 Å². The molecule has 0 atom stereocenters. The summed E-state index contributed by atoms with van der Waals surface area (Å²) in [5, 5.41) is 0.700. The van der Waals surface area contributed by atoms with Gasteiger partial charge in [-0.15, -0.1) is 0 Å². The van der Waals surface area contributed by atoms with Crippen molar-refractivity contribution in [1.82, 2.24) is 0 Å². The molecule has 0 spiro atoms. The molecule has 1 amide bonds. The van der Waals surface area contributed by atoms with Crippen molar-refractivity contribution in [3.63, 3.8) is 0 Å². The van der Waals surface area contributed by atoms with Gasteiger partial charge in [0.25, 0.3) is 11.7 Å². The summed E-state index contributed by atoms with van der Waals surface area (Å²) in [5.74, 6) is -0.371. The number of hydrogen-bond donors (Lipinski definition) is 0. The second-order valence-electron chi connectivity index (χ2n) is 4.77. The first-order chi connectivity index (χ1) is 8.59. The van der Waals surface area contributed by atoms with Gasteiger partial charge in [-0.25, -0.2) is 0 Å². The third kappa shape index (κ3) is 1.82. The second-order valence-corrected chi connectivity index (χ2v) is 5.59. The lowest BCUT2D eigenvalue weighted by molar-refractivity contribution is -0.114. The Bertz CT molecular complexity index is 552. The molecule has 0 radical (unpaired) electrons. The summed E-state index contributed by atoms with van der Waals surface area (Å²) in [6, 6.07) is 3.18. The van der Waals surface area contributed by atoms with E-state index in [9.17, 15) is 9.59 Å². The van der Waals surface area contributed by atoms with Gasteiger partial charge in [0, 0.05) is 6.54 Å². The number of carbonyl (C=O) groups is 2. The van der Waals surface area contributed by atoms with Crippen LogP contribution in [0.2, 0.25) is 10.0 Å². The van der Waals surface area contributed by atoms with Gasteiger partial charge in [0.1, 0.15) is 0 Å². The monoisotopic (exact) mass is 283 g/mol. The maximum atomic E-state index is 12.0. The second kappa shape index (κ2) is 4.25. The minimum absolute atomic E-state index is 0.255. The molecule has 1 heterocycles. The van der Waals surface area contributed by atoms with Crippen LogP contribution in [0.15, 0.2) is 12.1 Å². The average Bonchev–Trinajstić information content (AvgIpc) is 3.12. The number of benzene rings is 1. The van der Waals surface area contributed by atoms with Crippen LogP contribution < -0.4 is 4.90 Å². The summed E-state index contributed by atoms with van der Waals surface area (Å²) >= 11 is 12.1. The number of amides is 1. The van der Waals surface area contributed by atoms with Crippen LogP contribution >= 0.6 is 23.2 Å². The summed E-state index contributed by atoms with van der Waals surface area (Å²) in [5.41, 5.74) is 0.741. The maximum Gasteiger partial charge on any atom is 0.299 e. The van der Waals surface area contributed by atoms with Crippen LogP contribution in [-0.4, -0.2) is 18.2 Å². The van der Waals surface area contributed by atoms with E-state index in [4.69, 9.17) is 23.2 Å². The largest absolute Gasteiger partial charge is 0.303 e. The standard InChI is InChI=1S/C13H11Cl2NO2/c14-8-3-4-9(15)11-10(8)12(17)13(18)16(11)6-5-7-1-2-7/h3-4,7H,1-2,5-6H2. The molecule has 0 saturated heterocycles. The number of fused-ring (bicyclic) bond motifs is 1. The molecule has 0 aromatic heterocycles. The van der Waals surface area contributed by atoms with Crippen LogP contribution in [0.25, 0.3) is 0 Å². The molecule has 0 N–H and O–H groups in total. The Labute approximate surface area is 115 Å². The lowest BCUT2D eigenvalue weighted by Gasteiger charge is -2.17. The minimum Gasteiger partial charge on any atom is -0.303 e. The highest BCUT2D eigenvalue weighted by atomic mass is 35.5. The van der Waals surface area contributed by atoms with Crippen LogP contribution in [-0.2, 0) is 4.79 Å². The van der Waals surface area contributed by atoms with Crippen molar-refractivity contribution >= 4 is 40.6 Å². The van der Waals surface area contributed by atoms with Gasteiger partial charge in [0.05, 0.1) is 21.3 Å². The highest BCUT2D eigenvalue weighted by Crippen LogP contribution is 2.41. The molecular weight excluding hydrogens is 273 g/mol. The lowest BCUT2D eigenvalue weighted by atomic mass is 10.1. The Morgan fingerprint density at radius 3 is 2.50 bits per heavy atom. The smallest absolute Gasteiger partial charge is 0.299 e. The third-order valence-electron chi connectivity index (χ3n) is 3.47. The van der Waals surface area contributed by atoms with Crippen molar-refractivity contribution in [3.05, 3.63) is 27.7 Å². The first-order valence-electron chi connectivity index (χ1n) is 5.94. The van der Waals surface area contributed by atoms with E-state index in [1.54, 1.807) is 12.1 Å². The molecule has 1 saturated carbocycles. The highest BCUT2D eigenvalue weighted by Gasteiger charge is 2.39. The summed E-state index contributed by atoms with van der Waals surface area (Å²) < 4.78 is 0. The number of nitrogens with zero attached hydrogens (tertiary/aromatic N) is 1. The Hall–Kier alpha value is -1.06. The molecule has 5 heteroatoms. The number of Topliss-reactive ketones (excluding diaryl/α,β-unsaturated/α-hetero) is 1. The zero-order chi connectivity index (χ0) is 12.9. The van der Waals surface area contributed by atoms with Crippen molar-refractivity contribution in [2.75, 3.05) is 11.4 Å². The summed E-state index contributed by atoms with van der Waals surface area (Å²) in [4.78, 5) is 25.3. The molecular formula is C13H11Cl2NO2. The van der Waals surface area contributed by atoms with Crippen molar-refractivity contribution in [2.24, 2.45) is 5.92 Å². The van der Waals surface area contributed by atoms with Gasteiger partial charge in [-0.3, -0.25) is 9.59 Å². The van der Waals surface area contributed by atoms with Crippen molar-refractivity contribution in [1.29, 1.82) is 0 Å². The Morgan fingerprint density at radius 2 is 1.83 bits per heavy atom. The molecule has 1 fully saturated rings. The zero-order valence-corrected chi connectivity index (χ0v) is 11.1. The van der Waals surface area contributed by atoms with Gasteiger partial charge in [-0.2, -0.15) is 0 Å². The summed E-state index contributed by atoms with van der Waals surface area (Å²) in [6.45, 7) is 0.544. The van der Waals surface area contributed by atoms with Gasteiger partial charge >= 0.3 is 0 Å². The van der Waals surface area contributed by atoms with Crippen LogP contribution in [0.5, 0.6) is 0 Å². The average molecular weight is 284 g/mol. The van der Waals surface area contributed by atoms with Crippen LogP contribution in [0.1, 0.15) is 29.6 Å². The molecule has 3 nitrogen and oxygen atoms in total. The minimum atomic E-state index is -0.548. The van der Waals surface area contributed by atoms with E-state index in [1.165, 1.54) is 17.7 Å². The number of hydrogen-bond acceptors (Lipinski definition) is 2. The van der Waals surface area contributed by atoms with Gasteiger partial charge in [-0.1, -0.05) is 36.0 Å². The first-order valence-corrected chi connectivity index (χ1v) is 6.69. The molecule has 1 aliphatic carbocycles. The topological polar surface area (TPSA) is 37.4 Å². The third-order valence-corrected chi connectivity index (χ3v) is 4.09. The molecule has 3 rings (SSSR count). The van der Waals surface area contributed by atoms with Gasteiger partial charge in [0.2, 0.25) is 0 Å². The quantitative estimate of drug-likeness (QED) is 0.798. The van der Waals surface area contributed by atoms with Crippen molar-refractivity contribution < 1.29 is 9.59 Å². The van der Waals surface area contributed by atoms with Gasteiger partial charge in [0.15, 0.2) is 0 Å². The van der Waals surface area contributed by atoms with Crippen molar-refractivity contribution in [2.45, 2.75) is 19.3 Å². The predicted octanol–water partition coefficient (Wildman–Crippen LogP) is 3.32. The molecule has 2 aliphatic rings. The van der Waals surface area contributed by atoms with Gasteiger partial charge < -0.3 is 4.90 Å². The number of rotatable bonds is 3. The fourth-order valence-corrected chi connectivity index (χ4v) is 2.78. The van der Waals surface area contributed by atoms with E-state index in [1.807, 2.05) is 0 Å². The molecule has 18 heavy (non-hydrogen) atoms. The van der Waals surface area contributed by atoms with E-state index in [0.717, 1.165) is 6.42 Å². The normalized spacial score (nSPS) is 18.4. The maximum absolute atomic E-state index is 12.0. The Morgan fingerprint density at radius 1 is 1.17 bits per heavy atom. The SMILES string of the molecule is O=C1C(=O)N(CCC2CC2)c2c(Cl)ccc(Cl)c21. The fraction of sp³-hybridized carbons (Fsp3) is 0.385. The van der Waals surface area contributed by atoms with Crippen LogP contribution in [0, 0.1) is 5.92 Å². The molecule has 0 bridgehead atoms. The first kappa shape index (κ1) is 12.0. The van der Waals surface area contributed by atoms with Gasteiger partial charge in [-0.05, 0) is 24.5 Å². The Balaban J connectivity index is 1.99. The number of halogens is 2. The predicted molar refractivity (Wildman–Crippen MR) is 70.5 cm³/mol. The van der Waals surface area contributed by atoms with E-state index < -0.39 is 11.7 Å². The fourth-order valence-electron chi connectivity index (χ4n) is 2.28. The van der Waals surface area contributed by atoms with E-state index in [2.05, 4.69) is 0 Å². The number of carbonyl (C=O) groups excluding carboxylic acids is 2. The molecule has 1 aromatic carbocycles. The molecule has 1 aromatic rings. The molecule has 94 valence electrons. The lowest BCUT2D eigenvalue weighted by Crippen LogP contribution is -2.31. The van der Waals surface area contributed by atoms with E-state index in [0.29, 0.717) is 28.2 Å². The van der Waals surface area contributed by atoms with E-state index in [-0.39, 0.29) is 5.56 Å². The van der Waals surface area contributed by atoms with Crippen molar-refractivity contribution in [3.8, 4) is 0 Å². The van der Waals surface area contributed by atoms with Crippen LogP contribution in [0.4, 0.5) is 5.69 Å². The molecule has 0 unspecified atom stereocenters. The zero-order valence-electron chi connectivity index (χ0n) is 9.58. The number of anilines is 1.